The number of nitrogens with zero attached hydrogens (tertiary/aromatic N) is 1. The maximum Gasteiger partial charge on any atom is 0.0634 e. The Kier molecular flexibility index (Phi) is 4.62. The van der Waals surface area contributed by atoms with Crippen LogP contribution in [0.3, 0.4) is 0 Å². The van der Waals surface area contributed by atoms with E-state index in [1.165, 1.54) is 25.8 Å². The van der Waals surface area contributed by atoms with E-state index in [1.807, 2.05) is 0 Å². The quantitative estimate of drug-likeness (QED) is 0.742. The van der Waals surface area contributed by atoms with Gasteiger partial charge in [-0.15, -0.1) is 0 Å². The van der Waals surface area contributed by atoms with Gasteiger partial charge >= 0.3 is 0 Å². The molecule has 0 amide bonds. The van der Waals surface area contributed by atoms with Crippen molar-refractivity contribution in [2.45, 2.75) is 45.2 Å². The second-order valence-corrected chi connectivity index (χ2v) is 5.63. The van der Waals surface area contributed by atoms with Crippen LogP contribution in [0.4, 0.5) is 0 Å². The highest BCUT2D eigenvalue weighted by atomic mass is 16.5. The second kappa shape index (κ2) is 5.99. The summed E-state index contributed by atoms with van der Waals surface area (Å²) in [6, 6.07) is 1.42. The highest BCUT2D eigenvalue weighted by Gasteiger charge is 2.26. The molecule has 2 rings (SSSR count). The van der Waals surface area contributed by atoms with Gasteiger partial charge in [-0.3, -0.25) is 4.90 Å². The van der Waals surface area contributed by atoms with Gasteiger partial charge in [-0.2, -0.15) is 0 Å². The lowest BCUT2D eigenvalue weighted by molar-refractivity contribution is -0.00858. The summed E-state index contributed by atoms with van der Waals surface area (Å²) in [6.07, 6.45) is 4.05. The molecule has 3 heteroatoms. The molecule has 1 heterocycles. The summed E-state index contributed by atoms with van der Waals surface area (Å²) in [5, 5.41) is 3.62. The zero-order chi connectivity index (χ0) is 11.4. The maximum atomic E-state index is 5.59. The lowest BCUT2D eigenvalue weighted by atomic mass is 10.1. The molecule has 0 bridgehead atoms. The number of hydrogen-bond acceptors (Lipinski definition) is 3. The molecule has 1 aliphatic carbocycles. The molecular weight excluding hydrogens is 200 g/mol. The van der Waals surface area contributed by atoms with Gasteiger partial charge in [0.25, 0.3) is 0 Å². The highest BCUT2D eigenvalue weighted by molar-refractivity contribution is 4.85. The fraction of sp³-hybridized carbons (Fsp3) is 1.00. The van der Waals surface area contributed by atoms with Gasteiger partial charge in [0.2, 0.25) is 0 Å². The Bertz CT molecular complexity index is 190. The summed E-state index contributed by atoms with van der Waals surface area (Å²) in [6.45, 7) is 9.90. The SMILES string of the molecule is CC(C)CCN1CCOCC1CNC1CC1. The number of nitrogens with one attached hydrogen (secondary N) is 1. The maximum absolute atomic E-state index is 5.59. The monoisotopic (exact) mass is 226 g/mol. The number of ether oxygens (including phenoxy) is 1. The summed E-state index contributed by atoms with van der Waals surface area (Å²) in [7, 11) is 0. The van der Waals surface area contributed by atoms with Crippen LogP contribution in [-0.4, -0.2) is 49.8 Å². The number of rotatable bonds is 6. The molecule has 94 valence electrons. The van der Waals surface area contributed by atoms with Gasteiger partial charge in [-0.05, 0) is 31.7 Å². The van der Waals surface area contributed by atoms with Crippen molar-refractivity contribution < 1.29 is 4.74 Å². The van der Waals surface area contributed by atoms with Crippen LogP contribution in [0.2, 0.25) is 0 Å². The molecule has 3 nitrogen and oxygen atoms in total. The van der Waals surface area contributed by atoms with Crippen molar-refractivity contribution in [3.8, 4) is 0 Å². The smallest absolute Gasteiger partial charge is 0.0634 e. The van der Waals surface area contributed by atoms with E-state index < -0.39 is 0 Å². The van der Waals surface area contributed by atoms with Crippen LogP contribution in [0.1, 0.15) is 33.1 Å². The van der Waals surface area contributed by atoms with Gasteiger partial charge < -0.3 is 10.1 Å². The van der Waals surface area contributed by atoms with Crippen LogP contribution in [0.25, 0.3) is 0 Å². The minimum absolute atomic E-state index is 0.605. The molecule has 2 fully saturated rings. The zero-order valence-corrected chi connectivity index (χ0v) is 10.7. The molecule has 0 radical (unpaired) electrons. The molecule has 0 spiro atoms. The lowest BCUT2D eigenvalue weighted by Crippen LogP contribution is -2.51. The first-order valence-corrected chi connectivity index (χ1v) is 6.81. The van der Waals surface area contributed by atoms with Gasteiger partial charge in [0.05, 0.1) is 13.2 Å². The molecule has 1 aliphatic heterocycles. The standard InChI is InChI=1S/C13H26N2O/c1-11(2)5-6-15-7-8-16-10-13(15)9-14-12-3-4-12/h11-14H,3-10H2,1-2H3. The average molecular weight is 226 g/mol. The molecule has 0 aromatic heterocycles. The predicted molar refractivity (Wildman–Crippen MR) is 66.7 cm³/mol. The second-order valence-electron chi connectivity index (χ2n) is 5.63. The van der Waals surface area contributed by atoms with Crippen molar-refractivity contribution >= 4 is 0 Å². The van der Waals surface area contributed by atoms with Crippen LogP contribution < -0.4 is 5.32 Å². The fourth-order valence-corrected chi connectivity index (χ4v) is 2.19. The average Bonchev–Trinajstić information content (AvgIpc) is 3.08. The van der Waals surface area contributed by atoms with E-state index in [-0.39, 0.29) is 0 Å². The molecule has 1 atom stereocenters. The Morgan fingerprint density at radius 1 is 1.38 bits per heavy atom. The Morgan fingerprint density at radius 2 is 2.19 bits per heavy atom. The van der Waals surface area contributed by atoms with Gasteiger partial charge in [-0.1, -0.05) is 13.8 Å². The first-order chi connectivity index (χ1) is 7.75. The Morgan fingerprint density at radius 3 is 2.88 bits per heavy atom. The van der Waals surface area contributed by atoms with Crippen LogP contribution in [0, 0.1) is 5.92 Å². The van der Waals surface area contributed by atoms with Crippen LogP contribution in [-0.2, 0) is 4.74 Å². The minimum atomic E-state index is 0.605. The Labute approximate surface area is 99.5 Å². The first-order valence-electron chi connectivity index (χ1n) is 6.81. The molecule has 2 aliphatic rings. The van der Waals surface area contributed by atoms with Crippen molar-refractivity contribution in [2.75, 3.05) is 32.8 Å². The third kappa shape index (κ3) is 4.04. The fourth-order valence-electron chi connectivity index (χ4n) is 2.19. The number of hydrogen-bond donors (Lipinski definition) is 1. The zero-order valence-electron chi connectivity index (χ0n) is 10.7. The molecule has 1 unspecified atom stereocenters. The predicted octanol–water partition coefficient (Wildman–Crippen LogP) is 1.49. The van der Waals surface area contributed by atoms with E-state index >= 15 is 0 Å². The van der Waals surface area contributed by atoms with Gasteiger partial charge in [0.1, 0.15) is 0 Å². The van der Waals surface area contributed by atoms with E-state index in [4.69, 9.17) is 4.74 Å². The molecule has 0 aromatic rings. The van der Waals surface area contributed by atoms with E-state index in [9.17, 15) is 0 Å². The van der Waals surface area contributed by atoms with Crippen molar-refractivity contribution in [2.24, 2.45) is 5.92 Å². The molecule has 0 aromatic carbocycles. The van der Waals surface area contributed by atoms with E-state index in [0.29, 0.717) is 6.04 Å². The minimum Gasteiger partial charge on any atom is -0.378 e. The van der Waals surface area contributed by atoms with E-state index in [2.05, 4.69) is 24.1 Å². The van der Waals surface area contributed by atoms with E-state index in [1.54, 1.807) is 0 Å². The van der Waals surface area contributed by atoms with Crippen molar-refractivity contribution in [1.82, 2.24) is 10.2 Å². The first kappa shape index (κ1) is 12.3. The van der Waals surface area contributed by atoms with E-state index in [0.717, 1.165) is 38.3 Å². The molecule has 1 saturated carbocycles. The molecule has 1 saturated heterocycles. The van der Waals surface area contributed by atoms with Crippen LogP contribution in [0.5, 0.6) is 0 Å². The third-order valence-electron chi connectivity index (χ3n) is 3.56. The highest BCUT2D eigenvalue weighted by Crippen LogP contribution is 2.19. The van der Waals surface area contributed by atoms with Gasteiger partial charge in [0.15, 0.2) is 0 Å². The molecule has 16 heavy (non-hydrogen) atoms. The summed E-state index contributed by atoms with van der Waals surface area (Å²) < 4.78 is 5.59. The van der Waals surface area contributed by atoms with Gasteiger partial charge in [0, 0.05) is 25.2 Å². The largest absolute Gasteiger partial charge is 0.378 e. The lowest BCUT2D eigenvalue weighted by Gasteiger charge is -2.36. The van der Waals surface area contributed by atoms with Crippen molar-refractivity contribution in [1.29, 1.82) is 0 Å². The summed E-state index contributed by atoms with van der Waals surface area (Å²) in [4.78, 5) is 2.61. The van der Waals surface area contributed by atoms with Crippen molar-refractivity contribution in [3.05, 3.63) is 0 Å². The van der Waals surface area contributed by atoms with Crippen LogP contribution >= 0.6 is 0 Å². The topological polar surface area (TPSA) is 24.5 Å². The Balaban J connectivity index is 1.71. The van der Waals surface area contributed by atoms with Crippen molar-refractivity contribution in [3.63, 3.8) is 0 Å². The van der Waals surface area contributed by atoms with Crippen LogP contribution in [0.15, 0.2) is 0 Å². The normalized spacial score (nSPS) is 27.6. The molecule has 1 N–H and O–H groups in total. The molecular formula is C13H26N2O. The summed E-state index contributed by atoms with van der Waals surface area (Å²) in [5.41, 5.74) is 0. The third-order valence-corrected chi connectivity index (χ3v) is 3.56. The van der Waals surface area contributed by atoms with Gasteiger partial charge in [-0.25, -0.2) is 0 Å². The Hall–Kier alpha value is -0.120. The summed E-state index contributed by atoms with van der Waals surface area (Å²) >= 11 is 0. The number of morpholine rings is 1. The summed E-state index contributed by atoms with van der Waals surface area (Å²) in [5.74, 6) is 0.805.